The second-order valence-corrected chi connectivity index (χ2v) is 8.84. The van der Waals surface area contributed by atoms with Crippen molar-refractivity contribution in [2.24, 2.45) is 0 Å². The molecule has 0 aliphatic carbocycles. The van der Waals surface area contributed by atoms with Gasteiger partial charge in [-0.1, -0.05) is 56.3 Å². The standard InChI is InChI=1S/C25H30N6O/c1-16(2)22-15-27-31-23(22)29-25(32-19-10-7-13-26-14-19)30-24(31)28-17(3)20-12-6-9-18-8-4-5-11-21(18)20/h4-6,8-9,11-12,15-17,19,26H,7,10,13-14H2,1-3H3,(H,28,29,30)/t17-,19?/m0/s1. The molecule has 7 heteroatoms. The molecule has 2 aromatic carbocycles. The minimum absolute atomic E-state index is 0.0232. The third kappa shape index (κ3) is 4.00. The smallest absolute Gasteiger partial charge is 0.322 e. The van der Waals surface area contributed by atoms with Gasteiger partial charge in [-0.05, 0) is 48.6 Å². The van der Waals surface area contributed by atoms with Gasteiger partial charge in [-0.2, -0.15) is 19.6 Å². The molecule has 0 spiro atoms. The number of anilines is 1. The molecule has 2 atom stereocenters. The Morgan fingerprint density at radius 1 is 1.06 bits per heavy atom. The number of nitrogens with one attached hydrogen (secondary N) is 2. The maximum atomic E-state index is 6.20. The average Bonchev–Trinajstić information content (AvgIpc) is 3.24. The Bertz CT molecular complexity index is 1220. The van der Waals surface area contributed by atoms with Crippen LogP contribution in [0.5, 0.6) is 6.01 Å². The molecule has 3 heterocycles. The fraction of sp³-hybridized carbons (Fsp3) is 0.400. The molecule has 4 aromatic rings. The van der Waals surface area contributed by atoms with E-state index in [4.69, 9.17) is 14.7 Å². The van der Waals surface area contributed by atoms with Crippen LogP contribution in [0.1, 0.15) is 56.7 Å². The number of fused-ring (bicyclic) bond motifs is 2. The van der Waals surface area contributed by atoms with Crippen LogP contribution in [0.3, 0.4) is 0 Å². The molecule has 2 N–H and O–H groups in total. The summed E-state index contributed by atoms with van der Waals surface area (Å²) < 4.78 is 7.99. The molecule has 1 aliphatic rings. The molecule has 1 unspecified atom stereocenters. The van der Waals surface area contributed by atoms with Crippen LogP contribution in [0.2, 0.25) is 0 Å². The van der Waals surface area contributed by atoms with Crippen LogP contribution in [-0.2, 0) is 0 Å². The van der Waals surface area contributed by atoms with Gasteiger partial charge in [-0.15, -0.1) is 0 Å². The van der Waals surface area contributed by atoms with Crippen LogP contribution < -0.4 is 15.4 Å². The fourth-order valence-electron chi connectivity index (χ4n) is 4.40. The van der Waals surface area contributed by atoms with Crippen LogP contribution >= 0.6 is 0 Å². The molecular weight excluding hydrogens is 400 g/mol. The summed E-state index contributed by atoms with van der Waals surface area (Å²) >= 11 is 0. The highest BCUT2D eigenvalue weighted by Gasteiger charge is 2.21. The topological polar surface area (TPSA) is 76.4 Å². The summed E-state index contributed by atoms with van der Waals surface area (Å²) in [4.78, 5) is 9.48. The van der Waals surface area contributed by atoms with E-state index in [-0.39, 0.29) is 12.1 Å². The van der Waals surface area contributed by atoms with E-state index in [0.29, 0.717) is 17.9 Å². The lowest BCUT2D eigenvalue weighted by molar-refractivity contribution is 0.153. The first-order valence-electron chi connectivity index (χ1n) is 11.5. The molecule has 0 radical (unpaired) electrons. The van der Waals surface area contributed by atoms with E-state index in [2.05, 4.69) is 79.0 Å². The summed E-state index contributed by atoms with van der Waals surface area (Å²) in [7, 11) is 0. The molecule has 2 aromatic heterocycles. The van der Waals surface area contributed by atoms with E-state index < -0.39 is 0 Å². The fourth-order valence-corrected chi connectivity index (χ4v) is 4.40. The molecule has 0 bridgehead atoms. The van der Waals surface area contributed by atoms with E-state index in [1.54, 1.807) is 4.52 Å². The minimum atomic E-state index is 0.0232. The van der Waals surface area contributed by atoms with Crippen molar-refractivity contribution >= 4 is 22.4 Å². The van der Waals surface area contributed by atoms with Gasteiger partial charge in [0.2, 0.25) is 5.95 Å². The Balaban J connectivity index is 1.52. The van der Waals surface area contributed by atoms with Crippen molar-refractivity contribution in [3.8, 4) is 6.01 Å². The summed E-state index contributed by atoms with van der Waals surface area (Å²) in [5, 5.41) is 14.0. The number of hydrogen-bond donors (Lipinski definition) is 2. The van der Waals surface area contributed by atoms with Crippen molar-refractivity contribution in [3.63, 3.8) is 0 Å². The molecule has 32 heavy (non-hydrogen) atoms. The normalized spacial score (nSPS) is 17.7. The van der Waals surface area contributed by atoms with Crippen LogP contribution in [0.25, 0.3) is 16.4 Å². The van der Waals surface area contributed by atoms with Crippen LogP contribution in [0.15, 0.2) is 48.7 Å². The van der Waals surface area contributed by atoms with E-state index in [0.717, 1.165) is 37.1 Å². The lowest BCUT2D eigenvalue weighted by atomic mass is 10.00. The monoisotopic (exact) mass is 430 g/mol. The first kappa shape index (κ1) is 20.7. The minimum Gasteiger partial charge on any atom is -0.459 e. The van der Waals surface area contributed by atoms with Crippen molar-refractivity contribution in [1.29, 1.82) is 0 Å². The number of rotatable bonds is 6. The van der Waals surface area contributed by atoms with Crippen LogP contribution in [-0.4, -0.2) is 38.8 Å². The maximum absolute atomic E-state index is 6.20. The van der Waals surface area contributed by atoms with Gasteiger partial charge in [-0.25, -0.2) is 0 Å². The molecule has 0 saturated carbocycles. The first-order chi connectivity index (χ1) is 15.6. The number of ether oxygens (including phenoxy) is 1. The Labute approximate surface area is 188 Å². The summed E-state index contributed by atoms with van der Waals surface area (Å²) in [5.74, 6) is 0.941. The highest BCUT2D eigenvalue weighted by molar-refractivity contribution is 5.86. The van der Waals surface area contributed by atoms with E-state index in [1.165, 1.54) is 16.3 Å². The van der Waals surface area contributed by atoms with Gasteiger partial charge in [0.15, 0.2) is 5.65 Å². The van der Waals surface area contributed by atoms with Gasteiger partial charge in [0.25, 0.3) is 0 Å². The first-order valence-corrected chi connectivity index (χ1v) is 11.5. The summed E-state index contributed by atoms with van der Waals surface area (Å²) in [5.41, 5.74) is 3.09. The Hall–Kier alpha value is -3.19. The third-order valence-electron chi connectivity index (χ3n) is 6.16. The van der Waals surface area contributed by atoms with Gasteiger partial charge in [0, 0.05) is 12.1 Å². The maximum Gasteiger partial charge on any atom is 0.322 e. The van der Waals surface area contributed by atoms with Crippen molar-refractivity contribution in [2.45, 2.75) is 51.7 Å². The molecule has 5 rings (SSSR count). The Kier molecular flexibility index (Phi) is 5.66. The van der Waals surface area contributed by atoms with Crippen LogP contribution in [0, 0.1) is 0 Å². The molecule has 166 valence electrons. The van der Waals surface area contributed by atoms with Gasteiger partial charge in [0.05, 0.1) is 12.2 Å². The van der Waals surface area contributed by atoms with E-state index in [1.807, 2.05) is 6.20 Å². The Morgan fingerprint density at radius 2 is 1.91 bits per heavy atom. The van der Waals surface area contributed by atoms with E-state index >= 15 is 0 Å². The predicted molar refractivity (Wildman–Crippen MR) is 127 cm³/mol. The molecule has 0 amide bonds. The number of piperidine rings is 1. The van der Waals surface area contributed by atoms with Crippen LogP contribution in [0.4, 0.5) is 5.95 Å². The highest BCUT2D eigenvalue weighted by atomic mass is 16.5. The van der Waals surface area contributed by atoms with Gasteiger partial charge in [-0.3, -0.25) is 0 Å². The second kappa shape index (κ2) is 8.74. The molecule has 1 fully saturated rings. The molecule has 1 aliphatic heterocycles. The second-order valence-electron chi connectivity index (χ2n) is 8.84. The zero-order valence-electron chi connectivity index (χ0n) is 18.9. The number of nitrogens with zero attached hydrogens (tertiary/aromatic N) is 4. The summed E-state index contributed by atoms with van der Waals surface area (Å²) in [6, 6.07) is 15.3. The van der Waals surface area contributed by atoms with Crippen molar-refractivity contribution < 1.29 is 4.74 Å². The zero-order valence-corrected chi connectivity index (χ0v) is 18.9. The quantitative estimate of drug-likeness (QED) is 0.462. The Morgan fingerprint density at radius 3 is 2.72 bits per heavy atom. The number of benzene rings is 2. The SMILES string of the molecule is CC(C)c1cnn2c(N[C@@H](C)c3cccc4ccccc34)nc(OC3CCCNC3)nc12. The highest BCUT2D eigenvalue weighted by Crippen LogP contribution is 2.28. The number of hydrogen-bond acceptors (Lipinski definition) is 6. The molecule has 1 saturated heterocycles. The average molecular weight is 431 g/mol. The van der Waals surface area contributed by atoms with Gasteiger partial charge in [0.1, 0.15) is 6.10 Å². The largest absolute Gasteiger partial charge is 0.459 e. The summed E-state index contributed by atoms with van der Waals surface area (Å²) in [6.45, 7) is 8.30. The van der Waals surface area contributed by atoms with Gasteiger partial charge >= 0.3 is 6.01 Å². The zero-order chi connectivity index (χ0) is 22.1. The van der Waals surface area contributed by atoms with Crippen molar-refractivity contribution in [2.75, 3.05) is 18.4 Å². The van der Waals surface area contributed by atoms with Gasteiger partial charge < -0.3 is 15.4 Å². The lowest BCUT2D eigenvalue weighted by Crippen LogP contribution is -2.37. The number of aromatic nitrogens is 4. The molecule has 7 nitrogen and oxygen atoms in total. The predicted octanol–water partition coefficient (Wildman–Crippen LogP) is 4.70. The third-order valence-corrected chi connectivity index (χ3v) is 6.16. The van der Waals surface area contributed by atoms with E-state index in [9.17, 15) is 0 Å². The summed E-state index contributed by atoms with van der Waals surface area (Å²) in [6.07, 6.45) is 4.07. The lowest BCUT2D eigenvalue weighted by Gasteiger charge is -2.23. The van der Waals surface area contributed by atoms with Crippen molar-refractivity contribution in [1.82, 2.24) is 24.9 Å². The molecular formula is C25H30N6O. The van der Waals surface area contributed by atoms with Crippen molar-refractivity contribution in [3.05, 3.63) is 59.8 Å².